The van der Waals surface area contributed by atoms with E-state index < -0.39 is 17.5 Å². The van der Waals surface area contributed by atoms with Crippen molar-refractivity contribution in [3.63, 3.8) is 0 Å². The molecule has 1 amide bonds. The molecule has 0 bridgehead atoms. The zero-order valence-corrected chi connectivity index (χ0v) is 10.2. The van der Waals surface area contributed by atoms with Gasteiger partial charge in [-0.3, -0.25) is 4.79 Å². The van der Waals surface area contributed by atoms with E-state index in [4.69, 9.17) is 0 Å². The van der Waals surface area contributed by atoms with Crippen LogP contribution in [0, 0.1) is 17.5 Å². The van der Waals surface area contributed by atoms with Crippen molar-refractivity contribution < 1.29 is 18.0 Å². The Kier molecular flexibility index (Phi) is 5.00. The Morgan fingerprint density at radius 2 is 1.83 bits per heavy atom. The normalized spacial score (nSPS) is 12.1. The molecule has 0 fully saturated rings. The van der Waals surface area contributed by atoms with Crippen LogP contribution in [0.3, 0.4) is 0 Å². The van der Waals surface area contributed by atoms with Crippen LogP contribution in [0.25, 0.3) is 0 Å². The quantitative estimate of drug-likeness (QED) is 0.798. The van der Waals surface area contributed by atoms with Gasteiger partial charge in [0.05, 0.1) is 12.2 Å². The van der Waals surface area contributed by atoms with Gasteiger partial charge < -0.3 is 10.6 Å². The molecule has 1 aromatic carbocycles. The van der Waals surface area contributed by atoms with Gasteiger partial charge in [-0.25, -0.2) is 13.2 Å². The summed E-state index contributed by atoms with van der Waals surface area (Å²) in [5, 5.41) is 5.07. The molecule has 6 heteroatoms. The molecule has 0 saturated carbocycles. The summed E-state index contributed by atoms with van der Waals surface area (Å²) in [6, 6.07) is 1.12. The van der Waals surface area contributed by atoms with E-state index in [0.29, 0.717) is 12.1 Å². The number of benzene rings is 1. The smallest absolute Gasteiger partial charge is 0.239 e. The Balaban J connectivity index is 2.58. The lowest BCUT2D eigenvalue weighted by Crippen LogP contribution is -2.36. The summed E-state index contributed by atoms with van der Waals surface area (Å²) in [6.45, 7) is 3.54. The highest BCUT2D eigenvalue weighted by molar-refractivity contribution is 5.80. The molecule has 0 heterocycles. The summed E-state index contributed by atoms with van der Waals surface area (Å²) >= 11 is 0. The maximum absolute atomic E-state index is 13.2. The van der Waals surface area contributed by atoms with Gasteiger partial charge in [0.25, 0.3) is 0 Å². The minimum absolute atomic E-state index is 0.00843. The first-order valence-electron chi connectivity index (χ1n) is 5.61. The number of carbonyl (C=O) groups excluding carboxylic acids is 1. The third-order valence-corrected chi connectivity index (χ3v) is 2.47. The molecule has 100 valence electrons. The van der Waals surface area contributed by atoms with Gasteiger partial charge in [0.2, 0.25) is 5.91 Å². The molecule has 1 unspecified atom stereocenters. The van der Waals surface area contributed by atoms with Crippen molar-refractivity contribution in [2.75, 3.05) is 11.9 Å². The van der Waals surface area contributed by atoms with Crippen molar-refractivity contribution in [2.45, 2.75) is 26.3 Å². The van der Waals surface area contributed by atoms with E-state index in [1.165, 1.54) is 0 Å². The van der Waals surface area contributed by atoms with Crippen molar-refractivity contribution in [1.82, 2.24) is 5.32 Å². The largest absolute Gasteiger partial charge is 0.374 e. The summed E-state index contributed by atoms with van der Waals surface area (Å²) in [4.78, 5) is 11.4. The Bertz CT molecular complexity index is 438. The maximum Gasteiger partial charge on any atom is 0.239 e. The Morgan fingerprint density at radius 3 is 2.44 bits per heavy atom. The third-order valence-electron chi connectivity index (χ3n) is 2.47. The molecule has 2 N–H and O–H groups in total. The topological polar surface area (TPSA) is 41.1 Å². The Hall–Kier alpha value is -1.72. The fourth-order valence-electron chi connectivity index (χ4n) is 1.26. The van der Waals surface area contributed by atoms with E-state index in [9.17, 15) is 18.0 Å². The molecular weight excluding hydrogens is 245 g/mol. The average molecular weight is 260 g/mol. The summed E-state index contributed by atoms with van der Waals surface area (Å²) in [5.74, 6) is -3.71. The average Bonchev–Trinajstić information content (AvgIpc) is 2.32. The first-order chi connectivity index (χ1) is 8.43. The van der Waals surface area contributed by atoms with Gasteiger partial charge in [-0.05, 0) is 13.3 Å². The first kappa shape index (κ1) is 14.3. The zero-order chi connectivity index (χ0) is 13.7. The lowest BCUT2D eigenvalue weighted by Gasteiger charge is -2.12. The van der Waals surface area contributed by atoms with E-state index in [1.54, 1.807) is 0 Å². The minimum atomic E-state index is -1.26. The Morgan fingerprint density at radius 1 is 1.22 bits per heavy atom. The van der Waals surface area contributed by atoms with Crippen LogP contribution in [-0.2, 0) is 4.79 Å². The number of carbonyl (C=O) groups is 1. The summed E-state index contributed by atoms with van der Waals surface area (Å²) in [5.41, 5.74) is -0.242. The number of amides is 1. The second-order valence-electron chi connectivity index (χ2n) is 3.98. The lowest BCUT2D eigenvalue weighted by atomic mass is 10.2. The second-order valence-corrected chi connectivity index (χ2v) is 3.98. The zero-order valence-electron chi connectivity index (χ0n) is 10.2. The van der Waals surface area contributed by atoms with Gasteiger partial charge in [-0.15, -0.1) is 0 Å². The van der Waals surface area contributed by atoms with Crippen molar-refractivity contribution in [3.05, 3.63) is 29.6 Å². The first-order valence-corrected chi connectivity index (χ1v) is 5.61. The number of anilines is 1. The van der Waals surface area contributed by atoms with Gasteiger partial charge in [-0.1, -0.05) is 6.92 Å². The predicted molar refractivity (Wildman–Crippen MR) is 62.7 cm³/mol. The van der Waals surface area contributed by atoms with E-state index in [0.717, 1.165) is 6.42 Å². The van der Waals surface area contributed by atoms with Crippen LogP contribution < -0.4 is 10.6 Å². The van der Waals surface area contributed by atoms with Gasteiger partial charge in [-0.2, -0.15) is 0 Å². The monoisotopic (exact) mass is 260 g/mol. The molecule has 0 radical (unpaired) electrons. The minimum Gasteiger partial charge on any atom is -0.374 e. The fraction of sp³-hybridized carbons (Fsp3) is 0.417. The van der Waals surface area contributed by atoms with Gasteiger partial charge in [0.1, 0.15) is 5.82 Å². The molecule has 1 atom stereocenters. The predicted octanol–water partition coefficient (Wildman–Crippen LogP) is 2.43. The standard InChI is InChI=1S/C12H15F3N2O/c1-3-7(2)17-12(18)6-16-11-5-9(14)8(13)4-10(11)15/h4-5,7,16H,3,6H2,1-2H3,(H,17,18). The van der Waals surface area contributed by atoms with Crippen LogP contribution in [0.4, 0.5) is 18.9 Å². The molecule has 0 aliphatic heterocycles. The van der Waals surface area contributed by atoms with E-state index >= 15 is 0 Å². The SMILES string of the molecule is CCC(C)NC(=O)CNc1cc(F)c(F)cc1F. The number of hydrogen-bond acceptors (Lipinski definition) is 2. The number of halogens is 3. The number of rotatable bonds is 5. The summed E-state index contributed by atoms with van der Waals surface area (Å²) < 4.78 is 38.7. The van der Waals surface area contributed by atoms with E-state index in [1.807, 2.05) is 13.8 Å². The third kappa shape index (κ3) is 3.94. The summed E-state index contributed by atoms with van der Waals surface area (Å²) in [6.07, 6.45) is 0.769. The van der Waals surface area contributed by atoms with Gasteiger partial charge >= 0.3 is 0 Å². The Labute approximate surface area is 103 Å². The van der Waals surface area contributed by atoms with Crippen LogP contribution in [-0.4, -0.2) is 18.5 Å². The lowest BCUT2D eigenvalue weighted by molar-refractivity contribution is -0.120. The fourth-order valence-corrected chi connectivity index (χ4v) is 1.26. The molecule has 1 aromatic rings. The van der Waals surface area contributed by atoms with E-state index in [2.05, 4.69) is 10.6 Å². The van der Waals surface area contributed by atoms with E-state index in [-0.39, 0.29) is 24.2 Å². The van der Waals surface area contributed by atoms with Crippen molar-refractivity contribution in [2.24, 2.45) is 0 Å². The number of nitrogens with one attached hydrogen (secondary N) is 2. The molecule has 0 spiro atoms. The van der Waals surface area contributed by atoms with Crippen LogP contribution in [0.5, 0.6) is 0 Å². The second kappa shape index (κ2) is 6.28. The molecule has 0 aromatic heterocycles. The molecular formula is C12H15F3N2O. The van der Waals surface area contributed by atoms with Crippen molar-refractivity contribution >= 4 is 11.6 Å². The molecule has 3 nitrogen and oxygen atoms in total. The maximum atomic E-state index is 13.2. The highest BCUT2D eigenvalue weighted by Gasteiger charge is 2.11. The molecule has 18 heavy (non-hydrogen) atoms. The van der Waals surface area contributed by atoms with Gasteiger partial charge in [0, 0.05) is 18.2 Å². The van der Waals surface area contributed by atoms with Crippen LogP contribution >= 0.6 is 0 Å². The molecule has 1 rings (SSSR count). The number of hydrogen-bond donors (Lipinski definition) is 2. The highest BCUT2D eigenvalue weighted by Crippen LogP contribution is 2.17. The highest BCUT2D eigenvalue weighted by atomic mass is 19.2. The van der Waals surface area contributed by atoms with Crippen LogP contribution in [0.15, 0.2) is 12.1 Å². The van der Waals surface area contributed by atoms with Crippen LogP contribution in [0.1, 0.15) is 20.3 Å². The van der Waals surface area contributed by atoms with Crippen LogP contribution in [0.2, 0.25) is 0 Å². The molecule has 0 saturated heterocycles. The van der Waals surface area contributed by atoms with Gasteiger partial charge in [0.15, 0.2) is 11.6 Å². The molecule has 0 aliphatic rings. The molecule has 0 aliphatic carbocycles. The summed E-state index contributed by atoms with van der Waals surface area (Å²) in [7, 11) is 0. The van der Waals surface area contributed by atoms with Crippen molar-refractivity contribution in [3.8, 4) is 0 Å². The van der Waals surface area contributed by atoms with Crippen molar-refractivity contribution in [1.29, 1.82) is 0 Å².